The quantitative estimate of drug-likeness (QED) is 0.465. The number of amides is 1. The maximum Gasteiger partial charge on any atom is 0.272 e. The zero-order valence-corrected chi connectivity index (χ0v) is 17.9. The summed E-state index contributed by atoms with van der Waals surface area (Å²) in [6, 6.07) is 15.4. The van der Waals surface area contributed by atoms with Gasteiger partial charge in [-0.2, -0.15) is 0 Å². The molecule has 1 unspecified atom stereocenters. The van der Waals surface area contributed by atoms with E-state index in [9.17, 15) is 14.0 Å². The summed E-state index contributed by atoms with van der Waals surface area (Å²) in [5.74, 6) is -0.396. The standard InChI is InChI=1S/C22H20FN3O2S2/c1-14-11-18-20(30-14)21(28)26(17-9-7-16(23)8-10-17)22(25-18)29-13-19(27)24-12-15-5-3-2-4-6-15/h2-10,14H,11-13H2,1H3,(H,24,27). The molecule has 1 atom stereocenters. The van der Waals surface area contributed by atoms with Crippen LogP contribution in [0.5, 0.6) is 0 Å². The molecule has 8 heteroatoms. The van der Waals surface area contributed by atoms with Gasteiger partial charge in [0.2, 0.25) is 5.91 Å². The summed E-state index contributed by atoms with van der Waals surface area (Å²) in [5.41, 5.74) is 2.14. The van der Waals surface area contributed by atoms with Crippen molar-refractivity contribution in [2.45, 2.75) is 35.2 Å². The number of hydrogen-bond acceptors (Lipinski definition) is 5. The molecule has 0 bridgehead atoms. The molecule has 5 nitrogen and oxygen atoms in total. The van der Waals surface area contributed by atoms with Gasteiger partial charge in [-0.05, 0) is 29.8 Å². The van der Waals surface area contributed by atoms with Gasteiger partial charge in [-0.1, -0.05) is 49.0 Å². The molecule has 0 fully saturated rings. The fourth-order valence-electron chi connectivity index (χ4n) is 3.19. The number of carbonyl (C=O) groups excluding carboxylic acids is 1. The molecule has 1 aliphatic rings. The van der Waals surface area contributed by atoms with Gasteiger partial charge in [0, 0.05) is 18.2 Å². The maximum absolute atomic E-state index is 13.4. The molecule has 1 aromatic heterocycles. The molecule has 0 saturated heterocycles. The normalized spacial score (nSPS) is 15.1. The Kier molecular flexibility index (Phi) is 6.24. The molecular weight excluding hydrogens is 421 g/mol. The lowest BCUT2D eigenvalue weighted by Crippen LogP contribution is -2.27. The number of fused-ring (bicyclic) bond motifs is 1. The first-order chi connectivity index (χ1) is 14.5. The number of hydrogen-bond donors (Lipinski definition) is 1. The molecule has 4 rings (SSSR count). The predicted octanol–water partition coefficient (Wildman–Crippen LogP) is 3.82. The van der Waals surface area contributed by atoms with Crippen LogP contribution in [0.4, 0.5) is 4.39 Å². The van der Waals surface area contributed by atoms with Crippen molar-refractivity contribution in [1.29, 1.82) is 0 Å². The Morgan fingerprint density at radius 1 is 1.23 bits per heavy atom. The van der Waals surface area contributed by atoms with Gasteiger partial charge in [0.05, 0.1) is 22.0 Å². The second-order valence-corrected chi connectivity index (χ2v) is 9.36. The van der Waals surface area contributed by atoms with Crippen LogP contribution in [0.1, 0.15) is 18.2 Å². The summed E-state index contributed by atoms with van der Waals surface area (Å²) < 4.78 is 14.9. The molecule has 0 saturated carbocycles. The van der Waals surface area contributed by atoms with Crippen molar-refractivity contribution in [3.63, 3.8) is 0 Å². The molecule has 2 heterocycles. The maximum atomic E-state index is 13.4. The number of nitrogens with zero attached hydrogens (tertiary/aromatic N) is 2. The van der Waals surface area contributed by atoms with E-state index in [1.807, 2.05) is 30.3 Å². The largest absolute Gasteiger partial charge is 0.351 e. The number of nitrogens with one attached hydrogen (secondary N) is 1. The van der Waals surface area contributed by atoms with Crippen molar-refractivity contribution < 1.29 is 9.18 Å². The van der Waals surface area contributed by atoms with Crippen molar-refractivity contribution in [1.82, 2.24) is 14.9 Å². The van der Waals surface area contributed by atoms with Gasteiger partial charge in [-0.3, -0.25) is 14.2 Å². The predicted molar refractivity (Wildman–Crippen MR) is 118 cm³/mol. The highest BCUT2D eigenvalue weighted by atomic mass is 32.2. The number of thioether (sulfide) groups is 2. The zero-order valence-electron chi connectivity index (χ0n) is 16.3. The smallest absolute Gasteiger partial charge is 0.272 e. The van der Waals surface area contributed by atoms with Gasteiger partial charge in [-0.25, -0.2) is 9.37 Å². The van der Waals surface area contributed by atoms with E-state index < -0.39 is 0 Å². The van der Waals surface area contributed by atoms with E-state index in [2.05, 4.69) is 17.2 Å². The topological polar surface area (TPSA) is 64.0 Å². The highest BCUT2D eigenvalue weighted by Crippen LogP contribution is 2.34. The Balaban J connectivity index is 1.56. The summed E-state index contributed by atoms with van der Waals surface area (Å²) in [6.45, 7) is 2.49. The highest BCUT2D eigenvalue weighted by Gasteiger charge is 2.27. The van der Waals surface area contributed by atoms with Crippen LogP contribution >= 0.6 is 23.5 Å². The molecule has 154 valence electrons. The number of aromatic nitrogens is 2. The summed E-state index contributed by atoms with van der Waals surface area (Å²) in [7, 11) is 0. The van der Waals surface area contributed by atoms with Crippen LogP contribution in [0.15, 0.2) is 69.4 Å². The van der Waals surface area contributed by atoms with Crippen LogP contribution in [0.2, 0.25) is 0 Å². The zero-order chi connectivity index (χ0) is 21.1. The van der Waals surface area contributed by atoms with E-state index in [-0.39, 0.29) is 28.3 Å². The van der Waals surface area contributed by atoms with Crippen molar-refractivity contribution in [2.75, 3.05) is 5.75 Å². The minimum Gasteiger partial charge on any atom is -0.351 e. The average molecular weight is 442 g/mol. The van der Waals surface area contributed by atoms with Crippen LogP contribution < -0.4 is 10.9 Å². The van der Waals surface area contributed by atoms with Gasteiger partial charge >= 0.3 is 0 Å². The van der Waals surface area contributed by atoms with Crippen LogP contribution in [0.25, 0.3) is 5.69 Å². The van der Waals surface area contributed by atoms with Crippen molar-refractivity contribution in [3.8, 4) is 5.69 Å². The van der Waals surface area contributed by atoms with Gasteiger partial charge in [0.15, 0.2) is 5.16 Å². The van der Waals surface area contributed by atoms with Gasteiger partial charge in [-0.15, -0.1) is 11.8 Å². The lowest BCUT2D eigenvalue weighted by Gasteiger charge is -2.13. The molecule has 3 aromatic rings. The Morgan fingerprint density at radius 2 is 1.97 bits per heavy atom. The lowest BCUT2D eigenvalue weighted by atomic mass is 10.2. The fraction of sp³-hybridized carbons (Fsp3) is 0.227. The number of benzene rings is 2. The second kappa shape index (κ2) is 9.06. The molecule has 0 spiro atoms. The molecule has 1 amide bonds. The monoisotopic (exact) mass is 441 g/mol. The summed E-state index contributed by atoms with van der Waals surface area (Å²) in [5, 5.41) is 3.60. The molecule has 0 radical (unpaired) electrons. The summed E-state index contributed by atoms with van der Waals surface area (Å²) in [6.07, 6.45) is 0.716. The molecule has 1 N–H and O–H groups in total. The third-order valence-corrected chi connectivity index (χ3v) is 6.78. The van der Waals surface area contributed by atoms with E-state index in [1.54, 1.807) is 12.1 Å². The Labute approximate surface area is 182 Å². The third-order valence-electron chi connectivity index (χ3n) is 4.63. The van der Waals surface area contributed by atoms with Crippen LogP contribution in [0.3, 0.4) is 0 Å². The molecule has 0 aliphatic carbocycles. The number of carbonyl (C=O) groups is 1. The molecule has 1 aliphatic heterocycles. The number of halogens is 1. The van der Waals surface area contributed by atoms with Crippen molar-refractivity contribution in [3.05, 3.63) is 82.0 Å². The van der Waals surface area contributed by atoms with E-state index in [0.29, 0.717) is 28.7 Å². The van der Waals surface area contributed by atoms with Gasteiger partial charge in [0.1, 0.15) is 5.82 Å². The molecule has 30 heavy (non-hydrogen) atoms. The molecular formula is C22H20FN3O2S2. The SMILES string of the molecule is CC1Cc2nc(SCC(=O)NCc3ccccc3)n(-c3ccc(F)cc3)c(=O)c2S1. The minimum atomic E-state index is -0.376. The van der Waals surface area contributed by atoms with Crippen LogP contribution in [-0.4, -0.2) is 26.5 Å². The summed E-state index contributed by atoms with van der Waals surface area (Å²) >= 11 is 2.72. The first kappa shape index (κ1) is 20.7. The first-order valence-electron chi connectivity index (χ1n) is 9.53. The average Bonchev–Trinajstić information content (AvgIpc) is 3.13. The van der Waals surface area contributed by atoms with Gasteiger partial charge in [0.25, 0.3) is 5.56 Å². The van der Waals surface area contributed by atoms with E-state index in [0.717, 1.165) is 11.3 Å². The van der Waals surface area contributed by atoms with Crippen molar-refractivity contribution in [2.24, 2.45) is 0 Å². The van der Waals surface area contributed by atoms with Crippen molar-refractivity contribution >= 4 is 29.4 Å². The highest BCUT2D eigenvalue weighted by molar-refractivity contribution is 8.00. The first-order valence-corrected chi connectivity index (χ1v) is 11.4. The Morgan fingerprint density at radius 3 is 2.70 bits per heavy atom. The van der Waals surface area contributed by atoms with Gasteiger partial charge < -0.3 is 5.32 Å². The Hall–Kier alpha value is -2.58. The van der Waals surface area contributed by atoms with Crippen LogP contribution in [-0.2, 0) is 17.8 Å². The van der Waals surface area contributed by atoms with E-state index >= 15 is 0 Å². The second-order valence-electron chi connectivity index (χ2n) is 6.97. The molecule has 2 aromatic carbocycles. The van der Waals surface area contributed by atoms with E-state index in [1.165, 1.54) is 40.2 Å². The third kappa shape index (κ3) is 4.60. The summed E-state index contributed by atoms with van der Waals surface area (Å²) in [4.78, 5) is 30.8. The Bertz CT molecular complexity index is 1120. The van der Waals surface area contributed by atoms with E-state index in [4.69, 9.17) is 0 Å². The lowest BCUT2D eigenvalue weighted by molar-refractivity contribution is -0.118. The van der Waals surface area contributed by atoms with Crippen LogP contribution in [0, 0.1) is 5.82 Å². The number of rotatable bonds is 6. The minimum absolute atomic E-state index is 0.127. The fourth-order valence-corrected chi connectivity index (χ4v) is 5.15.